The van der Waals surface area contributed by atoms with Gasteiger partial charge in [-0.3, -0.25) is 4.79 Å². The molecule has 0 aliphatic rings. The van der Waals surface area contributed by atoms with Crippen LogP contribution in [0.3, 0.4) is 0 Å². The fourth-order valence-corrected chi connectivity index (χ4v) is 5.24. The molecule has 3 aromatic rings. The van der Waals surface area contributed by atoms with E-state index in [0.29, 0.717) is 17.9 Å². The second kappa shape index (κ2) is 11.3. The number of hydrogen-bond donors (Lipinski definition) is 1. The molecule has 1 amide bonds. The summed E-state index contributed by atoms with van der Waals surface area (Å²) in [7, 11) is 1.58. The van der Waals surface area contributed by atoms with Gasteiger partial charge >= 0.3 is 0 Å². The SMILES string of the molecule is COc1cc(C(=O)N/N=C\c2cc(I)c(OCc3ccccc3)c(I)c2)ccc1I. The van der Waals surface area contributed by atoms with Gasteiger partial charge in [0.2, 0.25) is 0 Å². The number of rotatable bonds is 7. The number of ether oxygens (including phenoxy) is 2. The zero-order valence-electron chi connectivity index (χ0n) is 15.9. The van der Waals surface area contributed by atoms with E-state index in [2.05, 4.69) is 78.3 Å². The summed E-state index contributed by atoms with van der Waals surface area (Å²) in [5.74, 6) is 1.20. The Morgan fingerprint density at radius 1 is 1.00 bits per heavy atom. The molecule has 0 aliphatic heterocycles. The summed E-state index contributed by atoms with van der Waals surface area (Å²) in [6.07, 6.45) is 1.62. The Labute approximate surface area is 216 Å². The van der Waals surface area contributed by atoms with Gasteiger partial charge in [-0.15, -0.1) is 0 Å². The quantitative estimate of drug-likeness (QED) is 0.188. The van der Waals surface area contributed by atoms with Crippen molar-refractivity contribution in [3.63, 3.8) is 0 Å². The van der Waals surface area contributed by atoms with Gasteiger partial charge in [0.1, 0.15) is 18.1 Å². The van der Waals surface area contributed by atoms with Gasteiger partial charge in [-0.1, -0.05) is 30.3 Å². The topological polar surface area (TPSA) is 59.9 Å². The highest BCUT2D eigenvalue weighted by atomic mass is 127. The van der Waals surface area contributed by atoms with Gasteiger partial charge in [-0.25, -0.2) is 5.43 Å². The van der Waals surface area contributed by atoms with E-state index in [1.165, 1.54) is 0 Å². The minimum atomic E-state index is -0.298. The number of carbonyl (C=O) groups excluding carboxylic acids is 1. The molecule has 3 aromatic carbocycles. The molecule has 0 heterocycles. The van der Waals surface area contributed by atoms with Gasteiger partial charge in [0.15, 0.2) is 0 Å². The van der Waals surface area contributed by atoms with E-state index in [1.807, 2.05) is 48.5 Å². The van der Waals surface area contributed by atoms with E-state index in [0.717, 1.165) is 27.6 Å². The fourth-order valence-electron chi connectivity index (χ4n) is 2.55. The van der Waals surface area contributed by atoms with Crippen molar-refractivity contribution in [3.8, 4) is 11.5 Å². The van der Waals surface area contributed by atoms with Gasteiger partial charge in [0.05, 0.1) is 24.0 Å². The van der Waals surface area contributed by atoms with E-state index >= 15 is 0 Å². The summed E-state index contributed by atoms with van der Waals surface area (Å²) >= 11 is 6.65. The highest BCUT2D eigenvalue weighted by molar-refractivity contribution is 14.1. The minimum Gasteiger partial charge on any atom is -0.496 e. The summed E-state index contributed by atoms with van der Waals surface area (Å²) < 4.78 is 14.1. The van der Waals surface area contributed by atoms with Crippen molar-refractivity contribution in [1.82, 2.24) is 5.43 Å². The molecule has 0 aliphatic carbocycles. The Bertz CT molecular complexity index is 1050. The molecule has 5 nitrogen and oxygen atoms in total. The molecular formula is C22H17I3N2O3. The minimum absolute atomic E-state index is 0.298. The number of nitrogens with zero attached hydrogens (tertiary/aromatic N) is 1. The van der Waals surface area contributed by atoms with E-state index in [1.54, 1.807) is 25.5 Å². The van der Waals surface area contributed by atoms with Crippen LogP contribution < -0.4 is 14.9 Å². The van der Waals surface area contributed by atoms with Crippen LogP contribution in [0.4, 0.5) is 0 Å². The third kappa shape index (κ3) is 6.30. The number of methoxy groups -OCH3 is 1. The molecule has 3 rings (SSSR count). The summed E-state index contributed by atoms with van der Waals surface area (Å²) in [5, 5.41) is 4.09. The van der Waals surface area contributed by atoms with Crippen LogP contribution in [0.1, 0.15) is 21.5 Å². The first-order valence-electron chi connectivity index (χ1n) is 8.80. The molecule has 30 heavy (non-hydrogen) atoms. The highest BCUT2D eigenvalue weighted by Crippen LogP contribution is 2.29. The average Bonchev–Trinajstić information content (AvgIpc) is 2.74. The smallest absolute Gasteiger partial charge is 0.271 e. The van der Waals surface area contributed by atoms with Crippen molar-refractivity contribution >= 4 is 79.9 Å². The van der Waals surface area contributed by atoms with E-state index in [9.17, 15) is 4.79 Å². The number of nitrogens with one attached hydrogen (secondary N) is 1. The Hall–Kier alpha value is -1.41. The van der Waals surface area contributed by atoms with Crippen LogP contribution in [0.2, 0.25) is 0 Å². The first-order valence-corrected chi connectivity index (χ1v) is 12.0. The summed E-state index contributed by atoms with van der Waals surface area (Å²) in [5.41, 5.74) is 5.03. The number of benzene rings is 3. The summed E-state index contributed by atoms with van der Waals surface area (Å²) in [4.78, 5) is 12.3. The van der Waals surface area contributed by atoms with Crippen molar-refractivity contribution in [2.45, 2.75) is 6.61 Å². The van der Waals surface area contributed by atoms with Gasteiger partial charge in [-0.2, -0.15) is 5.10 Å². The highest BCUT2D eigenvalue weighted by Gasteiger charge is 2.10. The van der Waals surface area contributed by atoms with Crippen LogP contribution in [-0.4, -0.2) is 19.2 Å². The van der Waals surface area contributed by atoms with Crippen molar-refractivity contribution in [2.75, 3.05) is 7.11 Å². The second-order valence-electron chi connectivity index (χ2n) is 6.14. The predicted octanol–water partition coefficient (Wildman–Crippen LogP) is 5.85. The lowest BCUT2D eigenvalue weighted by Crippen LogP contribution is -2.17. The number of amides is 1. The third-order valence-electron chi connectivity index (χ3n) is 4.04. The average molecular weight is 738 g/mol. The van der Waals surface area contributed by atoms with Crippen molar-refractivity contribution in [1.29, 1.82) is 0 Å². The maximum Gasteiger partial charge on any atom is 0.271 e. The van der Waals surface area contributed by atoms with Crippen LogP contribution in [-0.2, 0) is 6.61 Å². The molecular weight excluding hydrogens is 721 g/mol. The van der Waals surface area contributed by atoms with Crippen molar-refractivity contribution < 1.29 is 14.3 Å². The number of carbonyl (C=O) groups is 1. The molecule has 0 atom stereocenters. The normalized spacial score (nSPS) is 10.8. The number of hydrazone groups is 1. The molecule has 0 unspecified atom stereocenters. The molecule has 154 valence electrons. The van der Waals surface area contributed by atoms with Crippen molar-refractivity contribution in [2.24, 2.45) is 5.10 Å². The Morgan fingerprint density at radius 3 is 2.37 bits per heavy atom. The zero-order valence-corrected chi connectivity index (χ0v) is 22.3. The van der Waals surface area contributed by atoms with Crippen LogP contribution in [0, 0.1) is 10.7 Å². The van der Waals surface area contributed by atoms with Crippen LogP contribution in [0.5, 0.6) is 11.5 Å². The van der Waals surface area contributed by atoms with E-state index < -0.39 is 0 Å². The zero-order chi connectivity index (χ0) is 21.5. The molecule has 1 N–H and O–H groups in total. The standard InChI is InChI=1S/C22H17I3N2O3/c1-29-20-11-16(7-8-17(20)23)22(28)27-26-12-15-9-18(24)21(19(25)10-15)30-13-14-5-3-2-4-6-14/h2-12H,13H2,1H3,(H,27,28)/b26-12-. The molecule has 0 saturated heterocycles. The molecule has 0 saturated carbocycles. The molecule has 0 radical (unpaired) electrons. The maximum absolute atomic E-state index is 12.3. The van der Waals surface area contributed by atoms with Crippen LogP contribution in [0.15, 0.2) is 65.8 Å². The molecule has 0 aromatic heterocycles. The predicted molar refractivity (Wildman–Crippen MR) is 143 cm³/mol. The van der Waals surface area contributed by atoms with Gasteiger partial charge in [-0.05, 0) is 109 Å². The summed E-state index contributed by atoms with van der Waals surface area (Å²) in [6.45, 7) is 0.510. The lowest BCUT2D eigenvalue weighted by molar-refractivity contribution is 0.0954. The Balaban J connectivity index is 1.65. The maximum atomic E-state index is 12.3. The Kier molecular flexibility index (Phi) is 8.74. The van der Waals surface area contributed by atoms with E-state index in [4.69, 9.17) is 9.47 Å². The first-order chi connectivity index (χ1) is 14.5. The van der Waals surface area contributed by atoms with Crippen molar-refractivity contribution in [3.05, 3.63) is 88.1 Å². The lowest BCUT2D eigenvalue weighted by atomic mass is 10.2. The monoisotopic (exact) mass is 738 g/mol. The van der Waals surface area contributed by atoms with Gasteiger partial charge in [0.25, 0.3) is 5.91 Å². The van der Waals surface area contributed by atoms with Crippen LogP contribution in [0.25, 0.3) is 0 Å². The molecule has 0 spiro atoms. The molecule has 0 fully saturated rings. The van der Waals surface area contributed by atoms with Crippen LogP contribution >= 0.6 is 67.8 Å². The van der Waals surface area contributed by atoms with E-state index in [-0.39, 0.29) is 5.91 Å². The largest absolute Gasteiger partial charge is 0.496 e. The van der Waals surface area contributed by atoms with Gasteiger partial charge < -0.3 is 9.47 Å². The van der Waals surface area contributed by atoms with Gasteiger partial charge in [0, 0.05) is 5.56 Å². The number of halogens is 3. The third-order valence-corrected chi connectivity index (χ3v) is 6.53. The summed E-state index contributed by atoms with van der Waals surface area (Å²) in [6, 6.07) is 19.2. The molecule has 0 bridgehead atoms. The molecule has 8 heteroatoms. The fraction of sp³-hybridized carbons (Fsp3) is 0.0909. The Morgan fingerprint density at radius 2 is 1.70 bits per heavy atom. The number of hydrogen-bond acceptors (Lipinski definition) is 4. The first kappa shape index (κ1) is 23.3. The second-order valence-corrected chi connectivity index (χ2v) is 9.62. The lowest BCUT2D eigenvalue weighted by Gasteiger charge is -2.11.